The summed E-state index contributed by atoms with van der Waals surface area (Å²) in [6, 6.07) is 16.7. The van der Waals surface area contributed by atoms with Crippen molar-refractivity contribution in [1.29, 1.82) is 0 Å². The van der Waals surface area contributed by atoms with Crippen molar-refractivity contribution in [1.82, 2.24) is 0 Å². The molecule has 1 amide bonds. The van der Waals surface area contributed by atoms with E-state index in [0.717, 1.165) is 0 Å². The monoisotopic (exact) mass is 357 g/mol. The van der Waals surface area contributed by atoms with Crippen LogP contribution in [0.4, 0.5) is 5.69 Å². The zero-order valence-corrected chi connectivity index (χ0v) is 13.9. The third kappa shape index (κ3) is 3.82. The molecular formula is C18H12ClNO3S. The highest BCUT2D eigenvalue weighted by molar-refractivity contribution is 7.12. The Morgan fingerprint density at radius 2 is 1.71 bits per heavy atom. The van der Waals surface area contributed by atoms with E-state index in [0.29, 0.717) is 21.3 Å². The van der Waals surface area contributed by atoms with Crippen LogP contribution >= 0.6 is 22.9 Å². The maximum absolute atomic E-state index is 12.4. The molecule has 0 spiro atoms. The van der Waals surface area contributed by atoms with Crippen molar-refractivity contribution in [3.63, 3.8) is 0 Å². The van der Waals surface area contributed by atoms with E-state index in [1.54, 1.807) is 60.7 Å². The van der Waals surface area contributed by atoms with E-state index in [9.17, 15) is 9.59 Å². The highest BCUT2D eigenvalue weighted by atomic mass is 35.5. The molecule has 0 bridgehead atoms. The van der Waals surface area contributed by atoms with Crippen LogP contribution in [0.15, 0.2) is 66.0 Å². The van der Waals surface area contributed by atoms with E-state index >= 15 is 0 Å². The molecule has 0 saturated heterocycles. The van der Waals surface area contributed by atoms with Crippen LogP contribution in [0.2, 0.25) is 5.02 Å². The van der Waals surface area contributed by atoms with E-state index in [2.05, 4.69) is 5.32 Å². The molecule has 0 fully saturated rings. The Bertz CT molecular complexity index is 860. The van der Waals surface area contributed by atoms with Gasteiger partial charge in [0.1, 0.15) is 5.75 Å². The van der Waals surface area contributed by atoms with Crippen molar-refractivity contribution in [2.24, 2.45) is 0 Å². The largest absolute Gasteiger partial charge is 0.423 e. The number of amides is 1. The van der Waals surface area contributed by atoms with Crippen LogP contribution in [0.1, 0.15) is 20.0 Å². The SMILES string of the molecule is O=C(Nc1ccccc1C(=O)Oc1ccc(Cl)cc1)c1cccs1. The summed E-state index contributed by atoms with van der Waals surface area (Å²) in [5.41, 5.74) is 0.673. The van der Waals surface area contributed by atoms with Crippen molar-refractivity contribution in [2.75, 3.05) is 5.32 Å². The molecule has 1 aromatic heterocycles. The minimum absolute atomic E-state index is 0.267. The van der Waals surface area contributed by atoms with Crippen molar-refractivity contribution in [2.45, 2.75) is 0 Å². The number of esters is 1. The molecule has 0 aliphatic carbocycles. The standard InChI is InChI=1S/C18H12ClNO3S/c19-12-7-9-13(10-8-12)23-18(22)14-4-1-2-5-15(14)20-17(21)16-6-3-11-24-16/h1-11H,(H,20,21). The molecule has 0 radical (unpaired) electrons. The third-order valence-corrected chi connectivity index (χ3v) is 4.28. The van der Waals surface area contributed by atoms with Gasteiger partial charge in [-0.2, -0.15) is 0 Å². The fourth-order valence-corrected chi connectivity index (χ4v) is 2.77. The number of para-hydroxylation sites is 1. The summed E-state index contributed by atoms with van der Waals surface area (Å²) in [6.07, 6.45) is 0. The third-order valence-electron chi connectivity index (χ3n) is 3.16. The molecule has 0 atom stereocenters. The fourth-order valence-electron chi connectivity index (χ4n) is 2.03. The number of anilines is 1. The summed E-state index contributed by atoms with van der Waals surface area (Å²) in [7, 11) is 0. The van der Waals surface area contributed by atoms with Gasteiger partial charge in [-0.25, -0.2) is 4.79 Å². The summed E-state index contributed by atoms with van der Waals surface area (Å²) < 4.78 is 5.32. The molecule has 0 aliphatic rings. The smallest absolute Gasteiger partial charge is 0.345 e. The van der Waals surface area contributed by atoms with Gasteiger partial charge in [0.25, 0.3) is 5.91 Å². The van der Waals surface area contributed by atoms with E-state index in [4.69, 9.17) is 16.3 Å². The van der Waals surface area contributed by atoms with E-state index < -0.39 is 5.97 Å². The minimum atomic E-state index is -0.556. The van der Waals surface area contributed by atoms with E-state index in [1.807, 2.05) is 5.38 Å². The summed E-state index contributed by atoms with van der Waals surface area (Å²) in [6.45, 7) is 0. The van der Waals surface area contributed by atoms with Crippen molar-refractivity contribution >= 4 is 40.5 Å². The number of halogens is 1. The van der Waals surface area contributed by atoms with Crippen LogP contribution in [-0.2, 0) is 0 Å². The lowest BCUT2D eigenvalue weighted by molar-refractivity contribution is 0.0736. The molecule has 1 N–H and O–H groups in total. The molecule has 3 rings (SSSR count). The van der Waals surface area contributed by atoms with Crippen LogP contribution in [0.3, 0.4) is 0 Å². The maximum atomic E-state index is 12.4. The van der Waals surface area contributed by atoms with Gasteiger partial charge in [0.2, 0.25) is 0 Å². The van der Waals surface area contributed by atoms with Crippen LogP contribution in [0.25, 0.3) is 0 Å². The number of thiophene rings is 1. The lowest BCUT2D eigenvalue weighted by Gasteiger charge is -2.10. The molecule has 2 aromatic carbocycles. The average Bonchev–Trinajstić information content (AvgIpc) is 3.12. The summed E-state index contributed by atoms with van der Waals surface area (Å²) in [4.78, 5) is 25.1. The Hall–Kier alpha value is -2.63. The molecule has 6 heteroatoms. The quantitative estimate of drug-likeness (QED) is 0.535. The number of ether oxygens (including phenoxy) is 1. The topological polar surface area (TPSA) is 55.4 Å². The molecule has 0 unspecified atom stereocenters. The van der Waals surface area contributed by atoms with Gasteiger partial charge in [-0.3, -0.25) is 4.79 Å². The lowest BCUT2D eigenvalue weighted by atomic mass is 10.1. The zero-order chi connectivity index (χ0) is 16.9. The van der Waals surface area contributed by atoms with Crippen molar-refractivity contribution < 1.29 is 14.3 Å². The van der Waals surface area contributed by atoms with Gasteiger partial charge in [0, 0.05) is 5.02 Å². The Kier molecular flexibility index (Phi) is 4.93. The van der Waals surface area contributed by atoms with Crippen LogP contribution in [-0.4, -0.2) is 11.9 Å². The number of carbonyl (C=O) groups excluding carboxylic acids is 2. The van der Waals surface area contributed by atoms with Gasteiger partial charge in [-0.1, -0.05) is 29.8 Å². The zero-order valence-electron chi connectivity index (χ0n) is 12.4. The predicted molar refractivity (Wildman–Crippen MR) is 95.1 cm³/mol. The van der Waals surface area contributed by atoms with Gasteiger partial charge in [0.05, 0.1) is 16.1 Å². The second kappa shape index (κ2) is 7.29. The number of hydrogen-bond donors (Lipinski definition) is 1. The molecule has 3 aromatic rings. The first-order valence-electron chi connectivity index (χ1n) is 7.05. The summed E-state index contributed by atoms with van der Waals surface area (Å²) >= 11 is 7.14. The van der Waals surface area contributed by atoms with Crippen LogP contribution < -0.4 is 10.1 Å². The number of hydrogen-bond acceptors (Lipinski definition) is 4. The first kappa shape index (κ1) is 16.2. The summed E-state index contributed by atoms with van der Waals surface area (Å²) in [5.74, 6) is -0.445. The highest BCUT2D eigenvalue weighted by Crippen LogP contribution is 2.21. The highest BCUT2D eigenvalue weighted by Gasteiger charge is 2.16. The van der Waals surface area contributed by atoms with Crippen molar-refractivity contribution in [3.8, 4) is 5.75 Å². The van der Waals surface area contributed by atoms with Gasteiger partial charge in [-0.05, 0) is 47.8 Å². The second-order valence-corrected chi connectivity index (χ2v) is 6.20. The number of benzene rings is 2. The lowest BCUT2D eigenvalue weighted by Crippen LogP contribution is -2.16. The number of rotatable bonds is 4. The molecular weight excluding hydrogens is 346 g/mol. The molecule has 0 saturated carbocycles. The second-order valence-electron chi connectivity index (χ2n) is 4.82. The number of carbonyl (C=O) groups is 2. The van der Waals surface area contributed by atoms with Gasteiger partial charge in [-0.15, -0.1) is 11.3 Å². The summed E-state index contributed by atoms with van der Waals surface area (Å²) in [5, 5.41) is 5.11. The molecule has 1 heterocycles. The number of nitrogens with one attached hydrogen (secondary N) is 1. The van der Waals surface area contributed by atoms with E-state index in [1.165, 1.54) is 11.3 Å². The maximum Gasteiger partial charge on any atom is 0.345 e. The van der Waals surface area contributed by atoms with Gasteiger partial charge >= 0.3 is 5.97 Å². The van der Waals surface area contributed by atoms with E-state index in [-0.39, 0.29) is 11.5 Å². The van der Waals surface area contributed by atoms with Crippen LogP contribution in [0, 0.1) is 0 Å². The Labute approximate surface area is 147 Å². The van der Waals surface area contributed by atoms with Crippen LogP contribution in [0.5, 0.6) is 5.75 Å². The van der Waals surface area contributed by atoms with Gasteiger partial charge < -0.3 is 10.1 Å². The Morgan fingerprint density at radius 1 is 0.958 bits per heavy atom. The Morgan fingerprint density at radius 3 is 2.42 bits per heavy atom. The first-order valence-corrected chi connectivity index (χ1v) is 8.31. The first-order chi connectivity index (χ1) is 11.6. The molecule has 24 heavy (non-hydrogen) atoms. The molecule has 4 nitrogen and oxygen atoms in total. The normalized spacial score (nSPS) is 10.2. The fraction of sp³-hybridized carbons (Fsp3) is 0. The minimum Gasteiger partial charge on any atom is -0.423 e. The van der Waals surface area contributed by atoms with Crippen molar-refractivity contribution in [3.05, 3.63) is 81.5 Å². The average molecular weight is 358 g/mol. The molecule has 0 aliphatic heterocycles. The van der Waals surface area contributed by atoms with Gasteiger partial charge in [0.15, 0.2) is 0 Å². The predicted octanol–water partition coefficient (Wildman–Crippen LogP) is 4.87. The molecule has 120 valence electrons. The Balaban J connectivity index is 1.79.